The Bertz CT molecular complexity index is 318. The van der Waals surface area contributed by atoms with Crippen molar-refractivity contribution in [3.8, 4) is 0 Å². The summed E-state index contributed by atoms with van der Waals surface area (Å²) >= 11 is 5.83. The highest BCUT2D eigenvalue weighted by Crippen LogP contribution is 2.40. The molecule has 1 fully saturated rings. The highest BCUT2D eigenvalue weighted by Gasteiger charge is 2.46. The molecule has 1 aromatic heterocycles. The zero-order chi connectivity index (χ0) is 8.77. The van der Waals surface area contributed by atoms with Crippen LogP contribution in [0.15, 0.2) is 18.3 Å². The van der Waals surface area contributed by atoms with Crippen LogP contribution in [0, 0.1) is 0 Å². The minimum absolute atomic E-state index is 0.0701. The maximum Gasteiger partial charge on any atom is 0.201 e. The molecule has 0 bridgehead atoms. The van der Waals surface area contributed by atoms with Crippen molar-refractivity contribution in [2.75, 3.05) is 0 Å². The lowest BCUT2D eigenvalue weighted by molar-refractivity contribution is -0.681. The summed E-state index contributed by atoms with van der Waals surface area (Å²) in [6.07, 6.45) is 4.06. The van der Waals surface area contributed by atoms with Gasteiger partial charge in [0.15, 0.2) is 6.20 Å². The van der Waals surface area contributed by atoms with Crippen molar-refractivity contribution in [2.45, 2.75) is 18.4 Å². The van der Waals surface area contributed by atoms with Gasteiger partial charge in [-0.1, -0.05) is 11.6 Å². The molecule has 2 nitrogen and oxygen atoms in total. The highest BCUT2D eigenvalue weighted by atomic mass is 35.5. The van der Waals surface area contributed by atoms with Crippen molar-refractivity contribution in [2.24, 2.45) is 12.8 Å². The Morgan fingerprint density at radius 2 is 2.17 bits per heavy atom. The zero-order valence-corrected chi connectivity index (χ0v) is 7.80. The number of halogens is 1. The second-order valence-corrected chi connectivity index (χ2v) is 3.94. The van der Waals surface area contributed by atoms with Gasteiger partial charge in [-0.25, -0.2) is 4.57 Å². The van der Waals surface area contributed by atoms with Gasteiger partial charge in [-0.05, 0) is 18.9 Å². The number of hydrogen-bond acceptors (Lipinski definition) is 1. The SMILES string of the molecule is C[n+]1cc(Cl)ccc1C1(N)CC1. The van der Waals surface area contributed by atoms with Crippen molar-refractivity contribution in [3.63, 3.8) is 0 Å². The molecular formula is C9H12ClN2+. The Balaban J connectivity index is 2.45. The Morgan fingerprint density at radius 1 is 1.50 bits per heavy atom. The van der Waals surface area contributed by atoms with Gasteiger partial charge in [0.1, 0.15) is 17.6 Å². The normalized spacial score (nSPS) is 19.2. The fourth-order valence-electron chi connectivity index (χ4n) is 1.48. The average Bonchev–Trinajstić information content (AvgIpc) is 2.68. The molecule has 2 N–H and O–H groups in total. The molecule has 0 amide bonds. The second kappa shape index (κ2) is 2.44. The first-order chi connectivity index (χ1) is 5.62. The Kier molecular flexibility index (Phi) is 1.63. The summed E-state index contributed by atoms with van der Waals surface area (Å²) in [6.45, 7) is 0. The molecule has 1 aromatic rings. The summed E-state index contributed by atoms with van der Waals surface area (Å²) in [7, 11) is 1.98. The molecule has 0 radical (unpaired) electrons. The summed E-state index contributed by atoms with van der Waals surface area (Å²) in [4.78, 5) is 0. The van der Waals surface area contributed by atoms with Gasteiger partial charge in [0.25, 0.3) is 0 Å². The highest BCUT2D eigenvalue weighted by molar-refractivity contribution is 6.30. The number of aromatic nitrogens is 1. The number of rotatable bonds is 1. The van der Waals surface area contributed by atoms with Gasteiger partial charge >= 0.3 is 0 Å². The first-order valence-electron chi connectivity index (χ1n) is 4.06. The molecule has 1 saturated carbocycles. The molecule has 0 aliphatic heterocycles. The number of pyridine rings is 1. The van der Waals surface area contributed by atoms with Crippen LogP contribution in [0.2, 0.25) is 5.02 Å². The van der Waals surface area contributed by atoms with E-state index in [4.69, 9.17) is 17.3 Å². The zero-order valence-electron chi connectivity index (χ0n) is 7.05. The molecule has 2 rings (SSSR count). The smallest absolute Gasteiger partial charge is 0.201 e. The van der Waals surface area contributed by atoms with Crippen molar-refractivity contribution in [1.29, 1.82) is 0 Å². The third kappa shape index (κ3) is 1.21. The first kappa shape index (κ1) is 8.02. The molecule has 0 atom stereocenters. The number of hydrogen-bond donors (Lipinski definition) is 1. The van der Waals surface area contributed by atoms with Gasteiger partial charge < -0.3 is 5.73 Å². The van der Waals surface area contributed by atoms with E-state index in [2.05, 4.69) is 0 Å². The summed E-state index contributed by atoms with van der Waals surface area (Å²) in [6, 6.07) is 3.90. The average molecular weight is 184 g/mol. The summed E-state index contributed by atoms with van der Waals surface area (Å²) in [5.74, 6) is 0. The van der Waals surface area contributed by atoms with Crippen molar-refractivity contribution >= 4 is 11.6 Å². The molecule has 1 heterocycles. The number of nitrogens with two attached hydrogens (primary N) is 1. The second-order valence-electron chi connectivity index (χ2n) is 3.50. The fourth-order valence-corrected chi connectivity index (χ4v) is 1.69. The largest absolute Gasteiger partial charge is 0.316 e. The van der Waals surface area contributed by atoms with E-state index in [9.17, 15) is 0 Å². The van der Waals surface area contributed by atoms with Gasteiger partial charge in [-0.2, -0.15) is 0 Å². The van der Waals surface area contributed by atoms with Crippen LogP contribution in [0.5, 0.6) is 0 Å². The van der Waals surface area contributed by atoms with E-state index < -0.39 is 0 Å². The minimum atomic E-state index is -0.0701. The molecule has 3 heteroatoms. The fraction of sp³-hybridized carbons (Fsp3) is 0.444. The lowest BCUT2D eigenvalue weighted by atomic mass is 10.2. The number of nitrogens with zero attached hydrogens (tertiary/aromatic N) is 1. The van der Waals surface area contributed by atoms with Gasteiger partial charge in [0.2, 0.25) is 5.69 Å². The third-order valence-electron chi connectivity index (χ3n) is 2.40. The Labute approximate surface area is 77.0 Å². The topological polar surface area (TPSA) is 29.9 Å². The summed E-state index contributed by atoms with van der Waals surface area (Å²) in [5.41, 5.74) is 7.16. The predicted molar refractivity (Wildman–Crippen MR) is 47.7 cm³/mol. The Hall–Kier alpha value is -0.600. The van der Waals surface area contributed by atoms with Crippen molar-refractivity contribution in [1.82, 2.24) is 0 Å². The van der Waals surface area contributed by atoms with Gasteiger partial charge in [0, 0.05) is 6.07 Å². The first-order valence-corrected chi connectivity index (χ1v) is 4.44. The van der Waals surface area contributed by atoms with Crippen LogP contribution < -0.4 is 10.3 Å². The van der Waals surface area contributed by atoms with Crippen LogP contribution in [0.3, 0.4) is 0 Å². The molecule has 1 aliphatic carbocycles. The maximum atomic E-state index is 6.05. The minimum Gasteiger partial charge on any atom is -0.316 e. The third-order valence-corrected chi connectivity index (χ3v) is 2.62. The molecule has 0 spiro atoms. The van der Waals surface area contributed by atoms with Crippen LogP contribution in [0.25, 0.3) is 0 Å². The van der Waals surface area contributed by atoms with Gasteiger partial charge in [-0.15, -0.1) is 0 Å². The molecule has 0 unspecified atom stereocenters. The van der Waals surface area contributed by atoms with Crippen LogP contribution in [0.4, 0.5) is 0 Å². The molecule has 64 valence electrons. The molecule has 1 aliphatic rings. The summed E-state index contributed by atoms with van der Waals surface area (Å²) in [5, 5.41) is 0.755. The van der Waals surface area contributed by atoms with E-state index >= 15 is 0 Å². The van der Waals surface area contributed by atoms with Crippen LogP contribution >= 0.6 is 11.6 Å². The Morgan fingerprint density at radius 3 is 2.67 bits per heavy atom. The van der Waals surface area contributed by atoms with Crippen LogP contribution in [-0.2, 0) is 12.6 Å². The van der Waals surface area contributed by atoms with E-state index in [1.807, 2.05) is 29.9 Å². The molecule has 12 heavy (non-hydrogen) atoms. The lowest BCUT2D eigenvalue weighted by Crippen LogP contribution is -2.40. The van der Waals surface area contributed by atoms with Crippen LogP contribution in [0.1, 0.15) is 18.5 Å². The monoisotopic (exact) mass is 183 g/mol. The quantitative estimate of drug-likeness (QED) is 0.650. The van der Waals surface area contributed by atoms with Crippen LogP contribution in [-0.4, -0.2) is 0 Å². The molecular weight excluding hydrogens is 172 g/mol. The van der Waals surface area contributed by atoms with E-state index in [1.165, 1.54) is 5.69 Å². The number of aryl methyl sites for hydroxylation is 1. The predicted octanol–water partition coefficient (Wildman–Crippen LogP) is 1.11. The standard InChI is InChI=1S/C9H12ClN2/c1-12-6-7(10)2-3-8(12)9(11)4-5-9/h2-3,6H,4-5,11H2,1H3/q+1. The van der Waals surface area contributed by atoms with Gasteiger partial charge in [-0.3, -0.25) is 0 Å². The van der Waals surface area contributed by atoms with E-state index in [1.54, 1.807) is 0 Å². The van der Waals surface area contributed by atoms with E-state index in [0.717, 1.165) is 17.9 Å². The lowest BCUT2D eigenvalue weighted by Gasteiger charge is -2.05. The van der Waals surface area contributed by atoms with Crippen molar-refractivity contribution < 1.29 is 4.57 Å². The molecule has 0 saturated heterocycles. The van der Waals surface area contributed by atoms with E-state index in [0.29, 0.717) is 0 Å². The van der Waals surface area contributed by atoms with E-state index in [-0.39, 0.29) is 5.54 Å². The maximum absolute atomic E-state index is 6.05. The molecule has 0 aromatic carbocycles. The van der Waals surface area contributed by atoms with Crippen molar-refractivity contribution in [3.05, 3.63) is 29.0 Å². The van der Waals surface area contributed by atoms with Gasteiger partial charge in [0.05, 0.1) is 0 Å². The summed E-state index contributed by atoms with van der Waals surface area (Å²) < 4.78 is 2.01.